The number of benzene rings is 9. The number of rotatable bonds is 4. The molecule has 0 radical (unpaired) electrons. The van der Waals surface area contributed by atoms with Crippen LogP contribution in [0.4, 0.5) is 45.5 Å². The average Bonchev–Trinajstić information content (AvgIpc) is 2.00. The molecule has 3 aliphatic heterocycles. The number of hydrogen-bond donors (Lipinski definition) is 0. The maximum Gasteiger partial charge on any atom is 0.254 e. The first kappa shape index (κ1) is 49.5. The van der Waals surface area contributed by atoms with E-state index in [1.165, 1.54) is 123 Å². The number of furan rings is 1. The summed E-state index contributed by atoms with van der Waals surface area (Å²) in [5.41, 5.74) is 23.1. The number of anilines is 8. The fourth-order valence-electron chi connectivity index (χ4n) is 15.0. The van der Waals surface area contributed by atoms with Gasteiger partial charge >= 0.3 is 0 Å². The van der Waals surface area contributed by atoms with Crippen molar-refractivity contribution >= 4 is 122 Å². The van der Waals surface area contributed by atoms with Crippen LogP contribution in [0.3, 0.4) is 0 Å². The highest BCUT2D eigenvalue weighted by atomic mass is 32.1. The van der Waals surface area contributed by atoms with Gasteiger partial charge in [0.1, 0.15) is 11.2 Å². The minimum atomic E-state index is -0.200. The summed E-state index contributed by atoms with van der Waals surface area (Å²) in [4.78, 5) is 8.19. The molecule has 5 heterocycles. The van der Waals surface area contributed by atoms with Gasteiger partial charge in [-0.1, -0.05) is 191 Å². The zero-order chi connectivity index (χ0) is 55.0. The Hall–Kier alpha value is -7.54. The Labute approximate surface area is 476 Å². The summed E-state index contributed by atoms with van der Waals surface area (Å²) in [6, 6.07) is 68.0. The highest BCUT2D eigenvalue weighted by Crippen LogP contribution is 2.63. The first-order valence-corrected chi connectivity index (χ1v) is 30.1. The highest BCUT2D eigenvalue weighted by Gasteiger charge is 2.58. The Morgan fingerprint density at radius 3 is 1.81 bits per heavy atom. The van der Waals surface area contributed by atoms with Crippen LogP contribution in [0.5, 0.6) is 0 Å². The largest absolute Gasteiger partial charge is 0.456 e. The van der Waals surface area contributed by atoms with Crippen LogP contribution in [0.2, 0.25) is 0 Å². The lowest BCUT2D eigenvalue weighted by molar-refractivity contribution is 0.195. The van der Waals surface area contributed by atoms with E-state index in [4.69, 9.17) is 4.42 Å². The van der Waals surface area contributed by atoms with Gasteiger partial charge in [-0.2, -0.15) is 0 Å². The zero-order valence-corrected chi connectivity index (χ0v) is 49.1. The lowest BCUT2D eigenvalue weighted by Crippen LogP contribution is -2.62. The van der Waals surface area contributed by atoms with Gasteiger partial charge in [0.15, 0.2) is 0 Å². The predicted molar refractivity (Wildman–Crippen MR) is 345 cm³/mol. The van der Waals surface area contributed by atoms with Gasteiger partial charge in [-0.05, 0) is 152 Å². The monoisotopic (exact) mass is 1060 g/mol. The predicted octanol–water partition coefficient (Wildman–Crippen LogP) is 19.3. The molecule has 1 aliphatic carbocycles. The van der Waals surface area contributed by atoms with E-state index in [-0.39, 0.29) is 33.9 Å². The Morgan fingerprint density at radius 1 is 0.475 bits per heavy atom. The average molecular weight is 1060 g/mol. The van der Waals surface area contributed by atoms with Gasteiger partial charge in [0.05, 0.1) is 22.3 Å². The smallest absolute Gasteiger partial charge is 0.254 e. The molecule has 2 unspecified atom stereocenters. The Balaban J connectivity index is 1.13. The Bertz CT molecular complexity index is 4390. The fourth-order valence-corrected chi connectivity index (χ4v) is 16.2. The molecule has 4 nitrogen and oxygen atoms in total. The molecule has 0 bridgehead atoms. The van der Waals surface area contributed by atoms with E-state index in [0.29, 0.717) is 0 Å². The second kappa shape index (κ2) is 17.0. The molecule has 2 aromatic heterocycles. The summed E-state index contributed by atoms with van der Waals surface area (Å²) < 4.78 is 9.47. The molecule has 4 aliphatic rings. The van der Waals surface area contributed by atoms with Crippen LogP contribution in [-0.2, 0) is 21.7 Å². The first-order valence-electron chi connectivity index (χ1n) is 29.2. The molecule has 2 atom stereocenters. The van der Waals surface area contributed by atoms with E-state index in [9.17, 15) is 0 Å². The molecule has 6 heteroatoms. The summed E-state index contributed by atoms with van der Waals surface area (Å²) in [5, 5.41) is 4.88. The van der Waals surface area contributed by atoms with Crippen molar-refractivity contribution in [3.8, 4) is 11.1 Å². The summed E-state index contributed by atoms with van der Waals surface area (Å²) in [6.45, 7) is 26.3. The SMILES string of the molecule is CC(C)(C)c1ccc2c(c1)B1c3c(cc(N4c5ccc(C(C)(C)C)cc5C5(C)CCCCC45C)cc3N2c2cccc3oc4ccccc4c23)N(c2ccc(C(C)(C)C)cc2-c2ccccc2)c2ccc3c(sc4ccccc43)c21. The topological polar surface area (TPSA) is 22.9 Å². The van der Waals surface area contributed by atoms with Gasteiger partial charge in [-0.3, -0.25) is 0 Å². The van der Waals surface area contributed by atoms with E-state index in [1.54, 1.807) is 0 Å². The van der Waals surface area contributed by atoms with Gasteiger partial charge in [-0.25, -0.2) is 0 Å². The molecule has 9 aromatic carbocycles. The van der Waals surface area contributed by atoms with Crippen LogP contribution in [0.25, 0.3) is 53.2 Å². The van der Waals surface area contributed by atoms with Crippen LogP contribution >= 0.6 is 11.3 Å². The molecule has 1 saturated carbocycles. The molecule has 80 heavy (non-hydrogen) atoms. The van der Waals surface area contributed by atoms with Crippen molar-refractivity contribution < 1.29 is 4.42 Å². The molecule has 1 fully saturated rings. The van der Waals surface area contributed by atoms with Crippen LogP contribution < -0.4 is 31.1 Å². The lowest BCUT2D eigenvalue weighted by Gasteiger charge is -2.51. The second-order valence-electron chi connectivity index (χ2n) is 27.2. The van der Waals surface area contributed by atoms with Gasteiger partial charge in [0.2, 0.25) is 0 Å². The van der Waals surface area contributed by atoms with Gasteiger partial charge < -0.3 is 19.1 Å². The molecule has 0 amide bonds. The van der Waals surface area contributed by atoms with Crippen LogP contribution in [0.1, 0.15) is 124 Å². The third-order valence-electron chi connectivity index (χ3n) is 19.5. The molecule has 11 aromatic rings. The summed E-state index contributed by atoms with van der Waals surface area (Å²) in [6.07, 6.45) is 4.67. The summed E-state index contributed by atoms with van der Waals surface area (Å²) in [5.74, 6) is 0. The van der Waals surface area contributed by atoms with Crippen LogP contribution in [-0.4, -0.2) is 12.3 Å². The van der Waals surface area contributed by atoms with E-state index in [0.717, 1.165) is 40.5 Å². The number of nitrogens with zero attached hydrogens (tertiary/aromatic N) is 3. The Morgan fingerprint density at radius 2 is 1.07 bits per heavy atom. The zero-order valence-electron chi connectivity index (χ0n) is 48.3. The standard InChI is InChI=1S/C74H70BN3OS/c1-70(2,3)46-30-34-56(53(40-46)45-22-13-12-14-23-45)76-60-37-33-51-50-24-16-18-29-65(50)80-69(51)68(60)75-55-42-48(72(7,8)9)32-36-58(55)77(59-26-21-28-64-66(59)52-25-15-17-27-63(52)79-64)62-44-49(43-61(76)67(62)75)78-57-35-31-47(71(4,5)6)41-54(57)73(10)38-19-20-39-74(73,78)11/h12-18,21-37,40-44H,19-20,38-39H2,1-11H3. The van der Waals surface area contributed by atoms with Crippen LogP contribution in [0, 0.1) is 0 Å². The van der Waals surface area contributed by atoms with Crippen molar-refractivity contribution in [1.29, 1.82) is 0 Å². The number of thiophene rings is 1. The molecule has 0 spiro atoms. The van der Waals surface area contributed by atoms with E-state index < -0.39 is 0 Å². The van der Waals surface area contributed by atoms with Crippen molar-refractivity contribution in [3.63, 3.8) is 0 Å². The third kappa shape index (κ3) is 7.00. The number of fused-ring (bicyclic) bond motifs is 14. The number of para-hydroxylation sites is 1. The van der Waals surface area contributed by atoms with Crippen molar-refractivity contribution in [1.82, 2.24) is 0 Å². The number of hydrogen-bond acceptors (Lipinski definition) is 5. The molecule has 0 saturated heterocycles. The lowest BCUT2D eigenvalue weighted by atomic mass is 9.33. The van der Waals surface area contributed by atoms with E-state index in [1.807, 2.05) is 11.3 Å². The van der Waals surface area contributed by atoms with Crippen molar-refractivity contribution in [2.75, 3.05) is 14.7 Å². The Kier molecular flexibility index (Phi) is 10.5. The van der Waals surface area contributed by atoms with E-state index >= 15 is 0 Å². The molecular weight excluding hydrogens is 990 g/mol. The van der Waals surface area contributed by atoms with Gasteiger partial charge in [0, 0.05) is 65.3 Å². The molecule has 15 rings (SSSR count). The molecule has 0 N–H and O–H groups in total. The van der Waals surface area contributed by atoms with Crippen molar-refractivity contribution in [3.05, 3.63) is 198 Å². The first-order chi connectivity index (χ1) is 38.3. The maximum absolute atomic E-state index is 6.81. The van der Waals surface area contributed by atoms with Crippen molar-refractivity contribution in [2.45, 2.75) is 129 Å². The molecular formula is C74H70BN3OS. The maximum atomic E-state index is 6.81. The molecule has 396 valence electrons. The highest BCUT2D eigenvalue weighted by molar-refractivity contribution is 7.28. The van der Waals surface area contributed by atoms with Gasteiger partial charge in [0.25, 0.3) is 6.71 Å². The summed E-state index contributed by atoms with van der Waals surface area (Å²) in [7, 11) is 0. The second-order valence-corrected chi connectivity index (χ2v) is 28.3. The van der Waals surface area contributed by atoms with Crippen LogP contribution in [0.15, 0.2) is 180 Å². The summed E-state index contributed by atoms with van der Waals surface area (Å²) >= 11 is 1.96. The van der Waals surface area contributed by atoms with Crippen molar-refractivity contribution in [2.24, 2.45) is 0 Å². The van der Waals surface area contributed by atoms with E-state index in [2.05, 4.69) is 267 Å². The third-order valence-corrected chi connectivity index (χ3v) is 20.7. The quantitative estimate of drug-likeness (QED) is 0.164. The minimum absolute atomic E-state index is 0.0145. The van der Waals surface area contributed by atoms with Gasteiger partial charge in [-0.15, -0.1) is 11.3 Å². The fraction of sp³-hybridized carbons (Fsp3) is 0.270. The normalized spacial score (nSPS) is 18.7. The minimum Gasteiger partial charge on any atom is -0.456 e.